The zero-order chi connectivity index (χ0) is 10.4. The van der Waals surface area contributed by atoms with Gasteiger partial charge in [0.1, 0.15) is 5.75 Å². The van der Waals surface area contributed by atoms with Gasteiger partial charge in [0.25, 0.3) is 0 Å². The van der Waals surface area contributed by atoms with Crippen molar-refractivity contribution in [1.29, 1.82) is 0 Å². The van der Waals surface area contributed by atoms with Crippen LogP contribution in [0.25, 0.3) is 0 Å². The van der Waals surface area contributed by atoms with Crippen LogP contribution < -0.4 is 4.74 Å². The van der Waals surface area contributed by atoms with Gasteiger partial charge in [-0.1, -0.05) is 19.1 Å². The van der Waals surface area contributed by atoms with Crippen molar-refractivity contribution in [3.05, 3.63) is 29.8 Å². The molecule has 0 aliphatic rings. The Labute approximate surface area is 84.0 Å². The van der Waals surface area contributed by atoms with E-state index >= 15 is 0 Å². The van der Waals surface area contributed by atoms with Crippen LogP contribution in [0.1, 0.15) is 24.8 Å². The molecule has 14 heavy (non-hydrogen) atoms. The molecule has 0 radical (unpaired) electrons. The van der Waals surface area contributed by atoms with Gasteiger partial charge in [0.05, 0.1) is 13.3 Å². The molecule has 0 aliphatic carbocycles. The van der Waals surface area contributed by atoms with E-state index in [-0.39, 0.29) is 5.92 Å². The molecule has 3 nitrogen and oxygen atoms in total. The van der Waals surface area contributed by atoms with Gasteiger partial charge in [-0.3, -0.25) is 0 Å². The Hall–Kier alpha value is -1.51. The molecule has 0 amide bonds. The molecule has 0 saturated carbocycles. The predicted molar refractivity (Wildman–Crippen MR) is 56.3 cm³/mol. The lowest BCUT2D eigenvalue weighted by Gasteiger charge is -2.09. The molecular weight excluding hydrogens is 178 g/mol. The minimum atomic E-state index is 0.172. The van der Waals surface area contributed by atoms with Gasteiger partial charge in [-0.25, -0.2) is 0 Å². The standard InChI is InChI=1S/C11H15NO2/c1-3-9(8-12-13)10-4-6-11(14-2)7-5-10/h4-9,13H,3H2,1-2H3/b12-8+/t9-/m0/s1. The third kappa shape index (κ3) is 2.49. The summed E-state index contributed by atoms with van der Waals surface area (Å²) in [6.45, 7) is 2.05. The third-order valence-corrected chi connectivity index (χ3v) is 2.23. The Balaban J connectivity index is 2.83. The van der Waals surface area contributed by atoms with Gasteiger partial charge < -0.3 is 9.94 Å². The van der Waals surface area contributed by atoms with Crippen molar-refractivity contribution in [2.24, 2.45) is 5.16 Å². The second-order valence-electron chi connectivity index (χ2n) is 3.05. The lowest BCUT2D eigenvalue weighted by Crippen LogP contribution is -1.98. The minimum Gasteiger partial charge on any atom is -0.497 e. The fourth-order valence-electron chi connectivity index (χ4n) is 1.36. The Morgan fingerprint density at radius 2 is 2.07 bits per heavy atom. The lowest BCUT2D eigenvalue weighted by molar-refractivity contribution is 0.319. The van der Waals surface area contributed by atoms with E-state index in [9.17, 15) is 0 Å². The summed E-state index contributed by atoms with van der Waals surface area (Å²) in [5.41, 5.74) is 1.13. The average molecular weight is 193 g/mol. The molecule has 0 saturated heterocycles. The van der Waals surface area contributed by atoms with Crippen LogP contribution in [0.4, 0.5) is 0 Å². The zero-order valence-electron chi connectivity index (χ0n) is 8.47. The summed E-state index contributed by atoms with van der Waals surface area (Å²) in [6.07, 6.45) is 2.46. The molecule has 1 aromatic carbocycles. The topological polar surface area (TPSA) is 41.8 Å². The van der Waals surface area contributed by atoms with Crippen molar-refractivity contribution in [2.45, 2.75) is 19.3 Å². The molecule has 3 heteroatoms. The molecule has 0 aromatic heterocycles. The molecule has 0 heterocycles. The smallest absolute Gasteiger partial charge is 0.118 e. The maximum atomic E-state index is 8.47. The largest absolute Gasteiger partial charge is 0.497 e. The van der Waals surface area contributed by atoms with Crippen molar-refractivity contribution in [2.75, 3.05) is 7.11 Å². The molecule has 1 aromatic rings. The highest BCUT2D eigenvalue weighted by Crippen LogP contribution is 2.20. The lowest BCUT2D eigenvalue weighted by atomic mass is 9.98. The van der Waals surface area contributed by atoms with E-state index in [0.29, 0.717) is 0 Å². The van der Waals surface area contributed by atoms with Crippen LogP contribution in [0.3, 0.4) is 0 Å². The fraction of sp³-hybridized carbons (Fsp3) is 0.364. The average Bonchev–Trinajstić information content (AvgIpc) is 2.26. The first-order valence-electron chi connectivity index (χ1n) is 4.63. The van der Waals surface area contributed by atoms with Gasteiger partial charge in [0.2, 0.25) is 0 Å². The number of oxime groups is 1. The Bertz CT molecular complexity index is 293. The first-order valence-corrected chi connectivity index (χ1v) is 4.63. The molecule has 1 N–H and O–H groups in total. The monoisotopic (exact) mass is 193 g/mol. The van der Waals surface area contributed by atoms with E-state index in [1.165, 1.54) is 0 Å². The van der Waals surface area contributed by atoms with E-state index in [1.807, 2.05) is 24.3 Å². The predicted octanol–water partition coefficient (Wildman–Crippen LogP) is 2.65. The van der Waals surface area contributed by atoms with E-state index < -0.39 is 0 Å². The normalized spacial score (nSPS) is 13.0. The Morgan fingerprint density at radius 3 is 2.50 bits per heavy atom. The summed E-state index contributed by atoms with van der Waals surface area (Å²) in [6, 6.07) is 7.77. The number of rotatable bonds is 4. The second-order valence-corrected chi connectivity index (χ2v) is 3.05. The summed E-state index contributed by atoms with van der Waals surface area (Å²) in [7, 11) is 1.64. The summed E-state index contributed by atoms with van der Waals surface area (Å²) in [4.78, 5) is 0. The highest BCUT2D eigenvalue weighted by molar-refractivity contribution is 5.67. The summed E-state index contributed by atoms with van der Waals surface area (Å²) < 4.78 is 5.06. The van der Waals surface area contributed by atoms with Crippen LogP contribution in [-0.2, 0) is 0 Å². The van der Waals surface area contributed by atoms with Crippen LogP contribution in [0.5, 0.6) is 5.75 Å². The first-order chi connectivity index (χ1) is 6.81. The summed E-state index contributed by atoms with van der Waals surface area (Å²) in [5, 5.41) is 11.5. The molecular formula is C11H15NO2. The van der Waals surface area contributed by atoms with Gasteiger partial charge in [-0.15, -0.1) is 5.16 Å². The summed E-state index contributed by atoms with van der Waals surface area (Å²) >= 11 is 0. The van der Waals surface area contributed by atoms with Crippen LogP contribution >= 0.6 is 0 Å². The minimum absolute atomic E-state index is 0.172. The van der Waals surface area contributed by atoms with Crippen molar-refractivity contribution < 1.29 is 9.94 Å². The number of benzene rings is 1. The van der Waals surface area contributed by atoms with E-state index in [0.717, 1.165) is 17.7 Å². The van der Waals surface area contributed by atoms with Crippen LogP contribution in [0.15, 0.2) is 29.4 Å². The molecule has 0 bridgehead atoms. The van der Waals surface area contributed by atoms with E-state index in [1.54, 1.807) is 13.3 Å². The van der Waals surface area contributed by atoms with Crippen molar-refractivity contribution in [3.8, 4) is 5.75 Å². The van der Waals surface area contributed by atoms with Gasteiger partial charge in [-0.05, 0) is 24.1 Å². The number of methoxy groups -OCH3 is 1. The second kappa shape index (κ2) is 5.27. The van der Waals surface area contributed by atoms with Crippen molar-refractivity contribution in [1.82, 2.24) is 0 Å². The van der Waals surface area contributed by atoms with Crippen molar-refractivity contribution in [3.63, 3.8) is 0 Å². The van der Waals surface area contributed by atoms with E-state index in [2.05, 4.69) is 12.1 Å². The van der Waals surface area contributed by atoms with Gasteiger partial charge in [-0.2, -0.15) is 0 Å². The molecule has 1 atom stereocenters. The number of hydrogen-bond acceptors (Lipinski definition) is 3. The van der Waals surface area contributed by atoms with Crippen LogP contribution in [0.2, 0.25) is 0 Å². The molecule has 0 aliphatic heterocycles. The third-order valence-electron chi connectivity index (χ3n) is 2.23. The fourth-order valence-corrected chi connectivity index (χ4v) is 1.36. The van der Waals surface area contributed by atoms with Gasteiger partial charge >= 0.3 is 0 Å². The molecule has 1 rings (SSSR count). The number of nitrogens with zero attached hydrogens (tertiary/aromatic N) is 1. The maximum Gasteiger partial charge on any atom is 0.118 e. The van der Waals surface area contributed by atoms with Gasteiger partial charge in [0.15, 0.2) is 0 Å². The highest BCUT2D eigenvalue weighted by atomic mass is 16.5. The summed E-state index contributed by atoms with van der Waals surface area (Å²) in [5.74, 6) is 1.01. The number of ether oxygens (including phenoxy) is 1. The molecule has 0 fully saturated rings. The van der Waals surface area contributed by atoms with Crippen LogP contribution in [-0.4, -0.2) is 18.5 Å². The van der Waals surface area contributed by atoms with Crippen LogP contribution in [0, 0.1) is 0 Å². The SMILES string of the molecule is CC[C@@H](/C=N/O)c1ccc(OC)cc1. The zero-order valence-corrected chi connectivity index (χ0v) is 8.47. The molecule has 0 unspecified atom stereocenters. The van der Waals surface area contributed by atoms with E-state index in [4.69, 9.17) is 9.94 Å². The maximum absolute atomic E-state index is 8.47. The van der Waals surface area contributed by atoms with Crippen molar-refractivity contribution >= 4 is 6.21 Å². The molecule has 76 valence electrons. The number of hydrogen-bond donors (Lipinski definition) is 1. The quantitative estimate of drug-likeness (QED) is 0.453. The highest BCUT2D eigenvalue weighted by Gasteiger charge is 2.06. The molecule has 0 spiro atoms. The Kier molecular flexibility index (Phi) is 3.98. The van der Waals surface area contributed by atoms with Gasteiger partial charge in [0, 0.05) is 5.92 Å². The Morgan fingerprint density at radius 1 is 1.43 bits per heavy atom. The first kappa shape index (κ1) is 10.6.